The van der Waals surface area contributed by atoms with Gasteiger partial charge in [0.25, 0.3) is 0 Å². The van der Waals surface area contributed by atoms with Crippen LogP contribution in [-0.2, 0) is 9.53 Å². The van der Waals surface area contributed by atoms with Gasteiger partial charge in [0.2, 0.25) is 5.91 Å². The molecule has 2 aromatic carbocycles. The first-order valence-electron chi connectivity index (χ1n) is 14.8. The molecular formula is C32H40ClF2N5O2. The van der Waals surface area contributed by atoms with Crippen molar-refractivity contribution in [2.75, 3.05) is 51.8 Å². The number of amides is 1. The van der Waals surface area contributed by atoms with Crippen molar-refractivity contribution < 1.29 is 18.3 Å². The molecule has 3 atom stereocenters. The number of rotatable bonds is 5. The molecule has 2 heterocycles. The molecular weight excluding hydrogens is 560 g/mol. The molecule has 226 valence electrons. The summed E-state index contributed by atoms with van der Waals surface area (Å²) >= 11 is 6.23. The number of hydrogen-bond acceptors (Lipinski definition) is 4. The van der Waals surface area contributed by atoms with Crippen molar-refractivity contribution in [3.63, 3.8) is 0 Å². The molecule has 0 unspecified atom stereocenters. The molecule has 0 aromatic heterocycles. The van der Waals surface area contributed by atoms with Gasteiger partial charge in [0.1, 0.15) is 23.3 Å². The Labute approximate surface area is 252 Å². The second-order valence-corrected chi connectivity index (χ2v) is 12.0. The highest BCUT2D eigenvalue weighted by molar-refractivity contribution is 6.31. The molecule has 5 rings (SSSR count). The van der Waals surface area contributed by atoms with Crippen molar-refractivity contribution in [2.24, 2.45) is 21.8 Å². The molecule has 3 aliphatic rings. The lowest BCUT2D eigenvalue weighted by molar-refractivity contribution is -0.137. The molecule has 1 N–H and O–H groups in total. The van der Waals surface area contributed by atoms with E-state index in [1.165, 1.54) is 12.1 Å². The number of benzene rings is 2. The van der Waals surface area contributed by atoms with Crippen LogP contribution < -0.4 is 5.32 Å². The SMILES string of the molecule is CN=C(C)N=C(Nc1ccc(Cl)c(C)c1)C1CCN(C(=O)[C@@H]2C[C@@H](N3CCOCC3)C[C@H]2c2ccc(F)cc2F)CC1. The average molecular weight is 600 g/mol. The Hall–Kier alpha value is -2.88. The van der Waals surface area contributed by atoms with Crippen molar-refractivity contribution in [1.29, 1.82) is 0 Å². The minimum Gasteiger partial charge on any atom is -0.379 e. The number of nitrogens with one attached hydrogen (secondary N) is 1. The Morgan fingerprint density at radius 2 is 1.79 bits per heavy atom. The molecule has 42 heavy (non-hydrogen) atoms. The summed E-state index contributed by atoms with van der Waals surface area (Å²) in [6.07, 6.45) is 2.83. The Kier molecular flexibility index (Phi) is 9.91. The fraction of sp³-hybridized carbons (Fsp3) is 0.531. The van der Waals surface area contributed by atoms with Crippen LogP contribution in [0.5, 0.6) is 0 Å². The zero-order valence-electron chi connectivity index (χ0n) is 24.6. The van der Waals surface area contributed by atoms with E-state index in [2.05, 4.69) is 15.2 Å². The number of nitrogens with zero attached hydrogens (tertiary/aromatic N) is 4. The second-order valence-electron chi connectivity index (χ2n) is 11.6. The molecule has 3 fully saturated rings. The lowest BCUT2D eigenvalue weighted by atomic mass is 9.86. The number of carbonyl (C=O) groups is 1. The fourth-order valence-corrected chi connectivity index (χ4v) is 6.71. The summed E-state index contributed by atoms with van der Waals surface area (Å²) in [5.74, 6) is -0.145. The van der Waals surface area contributed by atoms with Crippen LogP contribution >= 0.6 is 11.6 Å². The van der Waals surface area contributed by atoms with E-state index in [9.17, 15) is 9.18 Å². The first kappa shape index (κ1) is 30.6. The highest BCUT2D eigenvalue weighted by Crippen LogP contribution is 2.44. The number of carbonyl (C=O) groups excluding carboxylic acids is 1. The molecule has 1 amide bonds. The van der Waals surface area contributed by atoms with Crippen LogP contribution in [0.25, 0.3) is 0 Å². The Morgan fingerprint density at radius 1 is 1.05 bits per heavy atom. The fourth-order valence-electron chi connectivity index (χ4n) is 6.59. The number of halogens is 3. The third kappa shape index (κ3) is 7.01. The van der Waals surface area contributed by atoms with Gasteiger partial charge < -0.3 is 15.0 Å². The number of hydrogen-bond donors (Lipinski definition) is 1. The molecule has 1 aliphatic carbocycles. The maximum atomic E-state index is 15.0. The molecule has 10 heteroatoms. The van der Waals surface area contributed by atoms with Crippen molar-refractivity contribution >= 4 is 34.9 Å². The molecule has 7 nitrogen and oxygen atoms in total. The van der Waals surface area contributed by atoms with Gasteiger partial charge in [0, 0.05) is 67.9 Å². The molecule has 2 saturated heterocycles. The van der Waals surface area contributed by atoms with Crippen LogP contribution in [0.3, 0.4) is 0 Å². The molecule has 0 spiro atoms. The van der Waals surface area contributed by atoms with E-state index in [1.54, 1.807) is 7.05 Å². The summed E-state index contributed by atoms with van der Waals surface area (Å²) in [5.41, 5.74) is 2.32. The Balaban J connectivity index is 1.31. The molecule has 2 aliphatic heterocycles. The summed E-state index contributed by atoms with van der Waals surface area (Å²) < 4.78 is 34.3. The number of morpholine rings is 1. The highest BCUT2D eigenvalue weighted by atomic mass is 35.5. The first-order valence-corrected chi connectivity index (χ1v) is 15.2. The minimum absolute atomic E-state index is 0.0593. The lowest BCUT2D eigenvalue weighted by Crippen LogP contribution is -2.45. The van der Waals surface area contributed by atoms with Crippen LogP contribution in [0.1, 0.15) is 49.7 Å². The third-order valence-corrected chi connectivity index (χ3v) is 9.43. The predicted molar refractivity (Wildman–Crippen MR) is 164 cm³/mol. The van der Waals surface area contributed by atoms with Crippen molar-refractivity contribution in [1.82, 2.24) is 9.80 Å². The topological polar surface area (TPSA) is 69.5 Å². The van der Waals surface area contributed by atoms with Gasteiger partial charge in [0.15, 0.2) is 0 Å². The lowest BCUT2D eigenvalue weighted by Gasteiger charge is -2.35. The summed E-state index contributed by atoms with van der Waals surface area (Å²) in [6.45, 7) is 7.93. The van der Waals surface area contributed by atoms with Gasteiger partial charge in [-0.25, -0.2) is 13.8 Å². The predicted octanol–water partition coefficient (Wildman–Crippen LogP) is 5.92. The number of anilines is 1. The van der Waals surface area contributed by atoms with Gasteiger partial charge in [-0.05, 0) is 80.8 Å². The van der Waals surface area contributed by atoms with Gasteiger partial charge >= 0.3 is 0 Å². The number of amidine groups is 2. The smallest absolute Gasteiger partial charge is 0.226 e. The number of piperidine rings is 1. The summed E-state index contributed by atoms with van der Waals surface area (Å²) in [5, 5.41) is 4.19. The number of ether oxygens (including phenoxy) is 1. The van der Waals surface area contributed by atoms with Gasteiger partial charge in [-0.2, -0.15) is 0 Å². The minimum atomic E-state index is -0.605. The van der Waals surface area contributed by atoms with Crippen molar-refractivity contribution in [3.05, 3.63) is 64.2 Å². The van der Waals surface area contributed by atoms with Crippen molar-refractivity contribution in [2.45, 2.75) is 51.5 Å². The maximum absolute atomic E-state index is 15.0. The van der Waals surface area contributed by atoms with E-state index in [-0.39, 0.29) is 29.7 Å². The zero-order valence-corrected chi connectivity index (χ0v) is 25.3. The van der Waals surface area contributed by atoms with Crippen LogP contribution in [0.15, 0.2) is 46.4 Å². The van der Waals surface area contributed by atoms with Gasteiger partial charge in [-0.3, -0.25) is 14.7 Å². The summed E-state index contributed by atoms with van der Waals surface area (Å²) in [4.78, 5) is 27.4. The number of aryl methyl sites for hydroxylation is 1. The third-order valence-electron chi connectivity index (χ3n) is 9.01. The standard InChI is InChI=1S/C32H40ClF2N5O2/c1-20-16-24(5-7-29(20)33)38-31(37-21(2)36-3)22-8-10-40(11-9-22)32(41)28-19-25(39-12-14-42-15-13-39)18-27(28)26-6-4-23(34)17-30(26)35/h4-7,16-17,22,25,27-28H,8-15,18-19H2,1-3H3,(H,36,37,38)/t25-,27-,28+/m0/s1. The van der Waals surface area contributed by atoms with E-state index in [1.807, 2.05) is 36.9 Å². The van der Waals surface area contributed by atoms with E-state index in [0.717, 1.165) is 49.1 Å². The van der Waals surface area contributed by atoms with E-state index in [4.69, 9.17) is 21.3 Å². The van der Waals surface area contributed by atoms with E-state index in [0.29, 0.717) is 55.6 Å². The number of aliphatic imine (C=N–C) groups is 2. The monoisotopic (exact) mass is 599 g/mol. The summed E-state index contributed by atoms with van der Waals surface area (Å²) in [7, 11) is 1.72. The molecule has 2 aromatic rings. The molecule has 1 saturated carbocycles. The van der Waals surface area contributed by atoms with Crippen molar-refractivity contribution in [3.8, 4) is 0 Å². The Morgan fingerprint density at radius 3 is 2.45 bits per heavy atom. The molecule has 0 bridgehead atoms. The zero-order chi connectivity index (χ0) is 29.8. The largest absolute Gasteiger partial charge is 0.379 e. The first-order chi connectivity index (χ1) is 20.2. The van der Waals surface area contributed by atoms with E-state index < -0.39 is 11.6 Å². The van der Waals surface area contributed by atoms with Gasteiger partial charge in [-0.1, -0.05) is 17.7 Å². The normalized spacial score (nSPS) is 24.7. The molecule has 0 radical (unpaired) electrons. The maximum Gasteiger partial charge on any atom is 0.226 e. The highest BCUT2D eigenvalue weighted by Gasteiger charge is 2.45. The second kappa shape index (κ2) is 13.6. The van der Waals surface area contributed by atoms with Crippen LogP contribution in [0.2, 0.25) is 5.02 Å². The summed E-state index contributed by atoms with van der Waals surface area (Å²) in [6, 6.07) is 9.71. The Bertz CT molecular complexity index is 1340. The quantitative estimate of drug-likeness (QED) is 0.342. The van der Waals surface area contributed by atoms with Gasteiger partial charge in [0.05, 0.1) is 13.2 Å². The van der Waals surface area contributed by atoms with Crippen LogP contribution in [0, 0.1) is 30.4 Å². The van der Waals surface area contributed by atoms with Crippen LogP contribution in [-0.4, -0.2) is 79.9 Å². The van der Waals surface area contributed by atoms with Crippen LogP contribution in [0.4, 0.5) is 14.5 Å². The van der Waals surface area contributed by atoms with Gasteiger partial charge in [-0.15, -0.1) is 0 Å². The number of likely N-dealkylation sites (tertiary alicyclic amines) is 1. The van der Waals surface area contributed by atoms with E-state index >= 15 is 4.39 Å². The average Bonchev–Trinajstić information content (AvgIpc) is 3.44.